The van der Waals surface area contributed by atoms with E-state index in [1.807, 2.05) is 0 Å². The van der Waals surface area contributed by atoms with E-state index >= 15 is 0 Å². The molecule has 0 aromatic carbocycles. The van der Waals surface area contributed by atoms with Crippen molar-refractivity contribution in [3.63, 3.8) is 0 Å². The quantitative estimate of drug-likeness (QED) is 0.130. The second kappa shape index (κ2) is 20.7. The highest BCUT2D eigenvalue weighted by atomic mass is 31.3. The van der Waals surface area contributed by atoms with Crippen LogP contribution >= 0.6 is 15.6 Å². The van der Waals surface area contributed by atoms with Gasteiger partial charge in [0, 0.05) is 6.61 Å². The van der Waals surface area contributed by atoms with Gasteiger partial charge in [-0.25, -0.2) is 9.13 Å². The molecular formula is C19H42O10P2. The first kappa shape index (κ1) is 31.1. The van der Waals surface area contributed by atoms with Gasteiger partial charge in [0.05, 0.1) is 39.6 Å². The van der Waals surface area contributed by atoms with Crippen LogP contribution in [0.5, 0.6) is 0 Å². The average Bonchev–Trinajstić information content (AvgIpc) is 2.67. The molecule has 0 aromatic heterocycles. The first-order valence-electron chi connectivity index (χ1n) is 11.2. The molecule has 1 unspecified atom stereocenters. The highest BCUT2D eigenvalue weighted by Crippen LogP contribution is 2.57. The largest absolute Gasteiger partial charge is 0.481 e. The van der Waals surface area contributed by atoms with E-state index < -0.39 is 15.6 Å². The average molecular weight is 492 g/mol. The van der Waals surface area contributed by atoms with Crippen LogP contribution in [0.2, 0.25) is 0 Å². The molecule has 31 heavy (non-hydrogen) atoms. The number of unbranched alkanes of at least 4 members (excludes halogenated alkanes) is 10. The summed E-state index contributed by atoms with van der Waals surface area (Å²) >= 11 is 0. The zero-order valence-electron chi connectivity index (χ0n) is 18.8. The molecule has 0 aliphatic heterocycles. The highest BCUT2D eigenvalue weighted by molar-refractivity contribution is 7.60. The maximum atomic E-state index is 11.2. The van der Waals surface area contributed by atoms with Gasteiger partial charge in [-0.3, -0.25) is 4.52 Å². The molecule has 1 atom stereocenters. The lowest BCUT2D eigenvalue weighted by Crippen LogP contribution is -2.12. The Morgan fingerprint density at radius 3 is 1.39 bits per heavy atom. The lowest BCUT2D eigenvalue weighted by Gasteiger charge is -2.12. The second-order valence-electron chi connectivity index (χ2n) is 7.25. The van der Waals surface area contributed by atoms with E-state index in [2.05, 4.69) is 15.8 Å². The summed E-state index contributed by atoms with van der Waals surface area (Å²) < 4.78 is 45.6. The standard InChI is InChI=1S/C19H42O10P2/c1-2-3-4-5-6-7-8-9-10-11-12-13-25-14-15-26-16-17-27-18-19-28-31(23,24)29-30(20,21)22/h2-19H2,1H3,(H,23,24)(H2,20,21,22). The molecule has 0 bridgehead atoms. The minimum Gasteiger partial charge on any atom is -0.379 e. The van der Waals surface area contributed by atoms with Crippen molar-refractivity contribution in [2.24, 2.45) is 0 Å². The predicted octanol–water partition coefficient (Wildman–Crippen LogP) is 4.57. The number of phosphoric acid groups is 2. The van der Waals surface area contributed by atoms with Crippen LogP contribution in [0.4, 0.5) is 0 Å². The molecule has 0 aliphatic rings. The van der Waals surface area contributed by atoms with Crippen molar-refractivity contribution in [1.82, 2.24) is 0 Å². The fourth-order valence-corrected chi connectivity index (χ4v) is 4.35. The third kappa shape index (κ3) is 26.3. The Hall–Kier alpha value is 0.140. The first-order valence-corrected chi connectivity index (χ1v) is 14.3. The lowest BCUT2D eigenvalue weighted by atomic mass is 10.1. The SMILES string of the molecule is CCCCCCCCCCCCCOCCOCCOCCOP(=O)(O)OP(=O)(O)O. The molecule has 0 amide bonds. The normalized spacial score (nSPS) is 14.1. The number of phosphoric ester groups is 1. The van der Waals surface area contributed by atoms with Crippen LogP contribution in [-0.4, -0.2) is 60.9 Å². The first-order chi connectivity index (χ1) is 14.8. The molecule has 0 aliphatic carbocycles. The molecule has 10 nitrogen and oxygen atoms in total. The molecule has 0 saturated carbocycles. The van der Waals surface area contributed by atoms with Gasteiger partial charge >= 0.3 is 15.6 Å². The molecule has 3 N–H and O–H groups in total. The molecule has 12 heteroatoms. The van der Waals surface area contributed by atoms with E-state index in [4.69, 9.17) is 28.9 Å². The maximum absolute atomic E-state index is 11.2. The summed E-state index contributed by atoms with van der Waals surface area (Å²) in [6.45, 7) is 4.15. The van der Waals surface area contributed by atoms with Crippen LogP contribution < -0.4 is 0 Å². The van der Waals surface area contributed by atoms with Gasteiger partial charge in [-0.05, 0) is 6.42 Å². The van der Waals surface area contributed by atoms with Crippen LogP contribution in [-0.2, 0) is 32.2 Å². The fraction of sp³-hybridized carbons (Fsp3) is 1.00. The number of ether oxygens (including phenoxy) is 3. The van der Waals surface area contributed by atoms with Crippen LogP contribution in [0.1, 0.15) is 77.6 Å². The summed E-state index contributed by atoms with van der Waals surface area (Å²) in [6.07, 6.45) is 14.4. The van der Waals surface area contributed by atoms with E-state index in [1.165, 1.54) is 64.2 Å². The fourth-order valence-electron chi connectivity index (χ4n) is 2.78. The van der Waals surface area contributed by atoms with Crippen molar-refractivity contribution in [3.05, 3.63) is 0 Å². The van der Waals surface area contributed by atoms with Gasteiger partial charge in [0.25, 0.3) is 0 Å². The summed E-state index contributed by atoms with van der Waals surface area (Å²) in [4.78, 5) is 25.9. The summed E-state index contributed by atoms with van der Waals surface area (Å²) in [6, 6.07) is 0. The van der Waals surface area contributed by atoms with Gasteiger partial charge in [0.2, 0.25) is 0 Å². The summed E-state index contributed by atoms with van der Waals surface area (Å²) in [5.41, 5.74) is 0. The van der Waals surface area contributed by atoms with Crippen molar-refractivity contribution < 1.29 is 46.9 Å². The van der Waals surface area contributed by atoms with Gasteiger partial charge in [-0.1, -0.05) is 71.1 Å². The molecule has 0 saturated heterocycles. The molecule has 0 spiro atoms. The highest BCUT2D eigenvalue weighted by Gasteiger charge is 2.32. The monoisotopic (exact) mass is 492 g/mol. The number of rotatable bonds is 24. The number of hydrogen-bond donors (Lipinski definition) is 3. The molecule has 0 aromatic rings. The molecular weight excluding hydrogens is 450 g/mol. The third-order valence-corrected chi connectivity index (χ3v) is 6.51. The van der Waals surface area contributed by atoms with Crippen molar-refractivity contribution >= 4 is 15.6 Å². The van der Waals surface area contributed by atoms with Gasteiger partial charge < -0.3 is 28.9 Å². The lowest BCUT2D eigenvalue weighted by molar-refractivity contribution is 0.00701. The van der Waals surface area contributed by atoms with Gasteiger partial charge in [-0.2, -0.15) is 4.31 Å². The van der Waals surface area contributed by atoms with Gasteiger partial charge in [0.15, 0.2) is 0 Å². The maximum Gasteiger partial charge on any atom is 0.481 e. The van der Waals surface area contributed by atoms with Crippen molar-refractivity contribution in [2.75, 3.05) is 46.2 Å². The molecule has 0 heterocycles. The second-order valence-corrected chi connectivity index (χ2v) is 10.1. The Balaban J connectivity index is 3.20. The van der Waals surface area contributed by atoms with E-state index in [0.29, 0.717) is 19.8 Å². The molecule has 0 radical (unpaired) electrons. The van der Waals surface area contributed by atoms with Crippen LogP contribution in [0.25, 0.3) is 0 Å². The van der Waals surface area contributed by atoms with Crippen molar-refractivity contribution in [3.8, 4) is 0 Å². The Morgan fingerprint density at radius 1 is 0.548 bits per heavy atom. The summed E-state index contributed by atoms with van der Waals surface area (Å²) in [5.74, 6) is 0. The number of hydrogen-bond acceptors (Lipinski definition) is 7. The van der Waals surface area contributed by atoms with Crippen LogP contribution in [0, 0.1) is 0 Å². The zero-order valence-corrected chi connectivity index (χ0v) is 20.6. The Bertz CT molecular complexity index is 486. The van der Waals surface area contributed by atoms with Gasteiger partial charge in [-0.15, -0.1) is 0 Å². The third-order valence-electron chi connectivity index (χ3n) is 4.33. The minimum atomic E-state index is -5.09. The predicted molar refractivity (Wildman–Crippen MR) is 118 cm³/mol. The van der Waals surface area contributed by atoms with Crippen molar-refractivity contribution in [1.29, 1.82) is 0 Å². The van der Waals surface area contributed by atoms with Crippen LogP contribution in [0.3, 0.4) is 0 Å². The minimum absolute atomic E-state index is 0.0478. The van der Waals surface area contributed by atoms with Crippen LogP contribution in [0.15, 0.2) is 0 Å². The summed E-state index contributed by atoms with van der Waals surface area (Å²) in [5, 5.41) is 0. The van der Waals surface area contributed by atoms with E-state index in [-0.39, 0.29) is 19.8 Å². The van der Waals surface area contributed by atoms with E-state index in [1.54, 1.807) is 0 Å². The molecule has 188 valence electrons. The Labute approximate surface area is 186 Å². The van der Waals surface area contributed by atoms with E-state index in [0.717, 1.165) is 13.0 Å². The molecule has 0 rings (SSSR count). The smallest absolute Gasteiger partial charge is 0.379 e. The Morgan fingerprint density at radius 2 is 0.935 bits per heavy atom. The van der Waals surface area contributed by atoms with E-state index in [9.17, 15) is 9.13 Å². The van der Waals surface area contributed by atoms with Gasteiger partial charge in [0.1, 0.15) is 0 Å². The zero-order chi connectivity index (χ0) is 23.3. The topological polar surface area (TPSA) is 141 Å². The molecule has 0 fully saturated rings. The summed E-state index contributed by atoms with van der Waals surface area (Å²) in [7, 11) is -9.89. The van der Waals surface area contributed by atoms with Crippen molar-refractivity contribution in [2.45, 2.75) is 77.6 Å². The Kier molecular flexibility index (Phi) is 20.8.